The van der Waals surface area contributed by atoms with Gasteiger partial charge >= 0.3 is 0 Å². The van der Waals surface area contributed by atoms with Gasteiger partial charge in [-0.05, 0) is 38.2 Å². The molecule has 0 aromatic heterocycles. The van der Waals surface area contributed by atoms with Gasteiger partial charge in [0.25, 0.3) is 5.69 Å². The van der Waals surface area contributed by atoms with Crippen molar-refractivity contribution >= 4 is 11.4 Å². The molecule has 2 fully saturated rings. The van der Waals surface area contributed by atoms with Crippen molar-refractivity contribution in [3.8, 4) is 12.1 Å². The van der Waals surface area contributed by atoms with Crippen molar-refractivity contribution in [2.75, 3.05) is 18.4 Å². The van der Waals surface area contributed by atoms with Crippen molar-refractivity contribution in [2.24, 2.45) is 0 Å². The summed E-state index contributed by atoms with van der Waals surface area (Å²) >= 11 is 0. The molecule has 0 spiro atoms. The Balaban J connectivity index is 1.79. The zero-order chi connectivity index (χ0) is 17.8. The highest BCUT2D eigenvalue weighted by molar-refractivity contribution is 5.68. The number of piperidine rings is 2. The van der Waals surface area contributed by atoms with E-state index in [1.165, 1.54) is 50.8 Å². The normalized spacial score (nSPS) is 25.3. The molecule has 1 aromatic carbocycles. The first kappa shape index (κ1) is 17.2. The Kier molecular flexibility index (Phi) is 5.16. The largest absolute Gasteiger partial charge is 0.374 e. The molecule has 0 amide bonds. The third kappa shape index (κ3) is 3.57. The van der Waals surface area contributed by atoms with Crippen LogP contribution in [0.25, 0.3) is 0 Å². The topological polar surface area (TPSA) is 107 Å². The number of fused-ring (bicyclic) bond motifs is 1. The van der Waals surface area contributed by atoms with Gasteiger partial charge in [0, 0.05) is 12.5 Å². The number of anilines is 1. The van der Waals surface area contributed by atoms with Crippen LogP contribution in [-0.4, -0.2) is 30.1 Å². The molecular weight excluding hydrogens is 318 g/mol. The molecule has 1 aromatic rings. The monoisotopic (exact) mass is 340 g/mol. The predicted octanol–water partition coefficient (Wildman–Crippen LogP) is 1.74. The van der Waals surface area contributed by atoms with Crippen LogP contribution in [0.4, 0.5) is 11.4 Å². The minimum Gasteiger partial charge on any atom is -0.374 e. The van der Waals surface area contributed by atoms with E-state index < -0.39 is 4.92 Å². The minimum absolute atomic E-state index is 0.0409. The Morgan fingerprint density at radius 1 is 1.16 bits per heavy atom. The highest BCUT2D eigenvalue weighted by Gasteiger charge is 2.36. The number of hydrogen-bond donors (Lipinski definition) is 2. The third-order valence-corrected chi connectivity index (χ3v) is 5.53. The molecule has 0 aliphatic carbocycles. The molecule has 0 saturated carbocycles. The molecule has 3 atom stereocenters. The summed E-state index contributed by atoms with van der Waals surface area (Å²) in [4.78, 5) is 12.5. The Hall–Kier alpha value is -2.64. The first-order valence-corrected chi connectivity index (χ1v) is 8.86. The number of nitriles is 2. The standard InChI is InChI=1S/C18H21N5O2/c19-10-13-8-17(18(23(24)25)9-14(13)11-20)21-12-16-6-3-5-15-4-1-2-7-22(15)16/h8-9,15-16,21H,1-7,12H2/p+1/t15-,16-/m1/s1. The molecule has 2 aliphatic heterocycles. The van der Waals surface area contributed by atoms with Gasteiger partial charge in [-0.2, -0.15) is 10.5 Å². The second kappa shape index (κ2) is 7.50. The van der Waals surface area contributed by atoms with Gasteiger partial charge in [0.05, 0.1) is 35.2 Å². The highest BCUT2D eigenvalue weighted by Crippen LogP contribution is 2.28. The Bertz CT molecular complexity index is 747. The van der Waals surface area contributed by atoms with Gasteiger partial charge in [-0.25, -0.2) is 0 Å². The Morgan fingerprint density at radius 2 is 1.88 bits per heavy atom. The summed E-state index contributed by atoms with van der Waals surface area (Å²) in [5.74, 6) is 0. The van der Waals surface area contributed by atoms with Gasteiger partial charge in [-0.3, -0.25) is 10.1 Å². The van der Waals surface area contributed by atoms with E-state index in [0.29, 0.717) is 18.3 Å². The van der Waals surface area contributed by atoms with Crippen molar-refractivity contribution in [3.05, 3.63) is 33.4 Å². The van der Waals surface area contributed by atoms with Crippen LogP contribution < -0.4 is 10.2 Å². The van der Waals surface area contributed by atoms with Crippen LogP contribution in [0.3, 0.4) is 0 Å². The Morgan fingerprint density at radius 3 is 2.60 bits per heavy atom. The van der Waals surface area contributed by atoms with Gasteiger partial charge in [-0.15, -0.1) is 0 Å². The zero-order valence-electron chi connectivity index (χ0n) is 14.1. The summed E-state index contributed by atoms with van der Waals surface area (Å²) in [6, 6.07) is 7.59. The Labute approximate surface area is 147 Å². The van der Waals surface area contributed by atoms with Crippen LogP contribution in [-0.2, 0) is 0 Å². The van der Waals surface area contributed by atoms with E-state index in [9.17, 15) is 15.4 Å². The summed E-state index contributed by atoms with van der Waals surface area (Å²) in [5, 5.41) is 32.8. The van der Waals surface area contributed by atoms with Crippen molar-refractivity contribution in [3.63, 3.8) is 0 Å². The van der Waals surface area contributed by atoms with E-state index >= 15 is 0 Å². The summed E-state index contributed by atoms with van der Waals surface area (Å²) in [7, 11) is 0. The minimum atomic E-state index is -0.498. The fourth-order valence-electron chi connectivity index (χ4n) is 4.30. The highest BCUT2D eigenvalue weighted by atomic mass is 16.6. The molecule has 7 heteroatoms. The number of quaternary nitrogens is 1. The molecule has 25 heavy (non-hydrogen) atoms. The number of nitro groups is 1. The van der Waals surface area contributed by atoms with Crippen LogP contribution in [0.2, 0.25) is 0 Å². The van der Waals surface area contributed by atoms with Crippen LogP contribution >= 0.6 is 0 Å². The van der Waals surface area contributed by atoms with Crippen LogP contribution in [0.1, 0.15) is 49.7 Å². The average molecular weight is 340 g/mol. The lowest BCUT2D eigenvalue weighted by Gasteiger charge is -2.42. The van der Waals surface area contributed by atoms with E-state index in [2.05, 4.69) is 5.32 Å². The quantitative estimate of drug-likeness (QED) is 0.641. The smallest absolute Gasteiger partial charge is 0.293 e. The molecule has 0 bridgehead atoms. The van der Waals surface area contributed by atoms with Crippen molar-refractivity contribution in [1.29, 1.82) is 10.5 Å². The molecule has 0 radical (unpaired) electrons. The van der Waals surface area contributed by atoms with Gasteiger partial charge in [0.2, 0.25) is 0 Å². The molecule has 2 saturated heterocycles. The summed E-state index contributed by atoms with van der Waals surface area (Å²) in [6.45, 7) is 1.83. The van der Waals surface area contributed by atoms with Crippen LogP contribution in [0.15, 0.2) is 12.1 Å². The first-order chi connectivity index (χ1) is 12.1. The van der Waals surface area contributed by atoms with E-state index in [-0.39, 0.29) is 16.8 Å². The van der Waals surface area contributed by atoms with Gasteiger partial charge in [-0.1, -0.05) is 0 Å². The maximum Gasteiger partial charge on any atom is 0.293 e. The fourth-order valence-corrected chi connectivity index (χ4v) is 4.30. The summed E-state index contributed by atoms with van der Waals surface area (Å²) in [6.07, 6.45) is 7.44. The number of nitrogens with one attached hydrogen (secondary N) is 2. The van der Waals surface area contributed by atoms with Gasteiger partial charge in [0.1, 0.15) is 23.9 Å². The van der Waals surface area contributed by atoms with E-state index in [1.807, 2.05) is 12.1 Å². The molecule has 2 aliphatic rings. The SMILES string of the molecule is N#Cc1cc(NC[C@H]2CCC[C@H]3CCCC[NH+]32)c([N+](=O)[O-])cc1C#N. The lowest BCUT2D eigenvalue weighted by atomic mass is 9.89. The third-order valence-electron chi connectivity index (χ3n) is 5.53. The molecule has 3 rings (SSSR count). The van der Waals surface area contributed by atoms with Gasteiger partial charge < -0.3 is 10.2 Å². The average Bonchev–Trinajstić information content (AvgIpc) is 2.65. The molecule has 1 unspecified atom stereocenters. The molecule has 2 N–H and O–H groups in total. The van der Waals surface area contributed by atoms with E-state index in [0.717, 1.165) is 12.5 Å². The number of benzene rings is 1. The predicted molar refractivity (Wildman–Crippen MR) is 92.1 cm³/mol. The zero-order valence-corrected chi connectivity index (χ0v) is 14.1. The van der Waals surface area contributed by atoms with E-state index in [4.69, 9.17) is 5.26 Å². The van der Waals surface area contributed by atoms with Crippen molar-refractivity contribution < 1.29 is 9.82 Å². The molecule has 2 heterocycles. The van der Waals surface area contributed by atoms with Crippen molar-refractivity contribution in [1.82, 2.24) is 0 Å². The maximum absolute atomic E-state index is 11.3. The number of hydrogen-bond acceptors (Lipinski definition) is 5. The fraction of sp³-hybridized carbons (Fsp3) is 0.556. The number of nitro benzene ring substituents is 1. The molecule has 7 nitrogen and oxygen atoms in total. The second-order valence-electron chi connectivity index (χ2n) is 6.92. The number of nitrogens with zero attached hydrogens (tertiary/aromatic N) is 3. The van der Waals surface area contributed by atoms with E-state index in [1.54, 1.807) is 4.90 Å². The lowest BCUT2D eigenvalue weighted by molar-refractivity contribution is -0.958. The summed E-state index contributed by atoms with van der Waals surface area (Å²) < 4.78 is 0. The van der Waals surface area contributed by atoms with Gasteiger partial charge in [0.15, 0.2) is 0 Å². The van der Waals surface area contributed by atoms with Crippen LogP contribution in [0, 0.1) is 32.8 Å². The van der Waals surface area contributed by atoms with Crippen LogP contribution in [0.5, 0.6) is 0 Å². The second-order valence-corrected chi connectivity index (χ2v) is 6.92. The molecule has 130 valence electrons. The van der Waals surface area contributed by atoms with Crippen molar-refractivity contribution in [2.45, 2.75) is 50.6 Å². The maximum atomic E-state index is 11.3. The lowest BCUT2D eigenvalue weighted by Crippen LogP contribution is -3.21. The number of rotatable bonds is 4. The summed E-state index contributed by atoms with van der Waals surface area (Å²) in [5.41, 5.74) is 0.400. The molecular formula is C18H22N5O2+. The first-order valence-electron chi connectivity index (χ1n) is 8.86.